The molecule has 1 saturated heterocycles. The smallest absolute Gasteiger partial charge is 0.244 e. The maximum absolute atomic E-state index is 12.4. The minimum absolute atomic E-state index is 0.0273. The normalized spacial score (nSPS) is 14.6. The molecule has 5 nitrogen and oxygen atoms in total. The molecule has 0 unspecified atom stereocenters. The lowest BCUT2D eigenvalue weighted by molar-refractivity contribution is -0.116. The Kier molecular flexibility index (Phi) is 4.39. The number of rotatable bonds is 4. The molecule has 128 valence electrons. The molecule has 2 heterocycles. The lowest BCUT2D eigenvalue weighted by atomic mass is 10.2. The topological polar surface area (TPSA) is 46.5 Å². The highest BCUT2D eigenvalue weighted by Crippen LogP contribution is 2.19. The highest BCUT2D eigenvalue weighted by molar-refractivity contribution is 5.92. The number of nitrogens with one attached hydrogen (secondary N) is 1. The summed E-state index contributed by atoms with van der Waals surface area (Å²) < 4.78 is 7.34. The monoisotopic (exact) mass is 335 g/mol. The van der Waals surface area contributed by atoms with E-state index in [9.17, 15) is 4.79 Å². The maximum atomic E-state index is 12.4. The molecule has 0 bridgehead atoms. The SMILES string of the molecule is O=C(Cn1ccc2ccccc21)Nc1ccc(N2CCOCC2)cc1. The zero-order chi connectivity index (χ0) is 17.1. The van der Waals surface area contributed by atoms with E-state index >= 15 is 0 Å². The van der Waals surface area contributed by atoms with Crippen LogP contribution in [0.15, 0.2) is 60.8 Å². The number of nitrogens with zero attached hydrogens (tertiary/aromatic N) is 2. The first-order valence-electron chi connectivity index (χ1n) is 8.56. The Morgan fingerprint density at radius 2 is 1.76 bits per heavy atom. The van der Waals surface area contributed by atoms with E-state index in [0.29, 0.717) is 6.54 Å². The largest absolute Gasteiger partial charge is 0.378 e. The molecular weight excluding hydrogens is 314 g/mol. The van der Waals surface area contributed by atoms with Crippen LogP contribution < -0.4 is 10.2 Å². The molecule has 5 heteroatoms. The van der Waals surface area contributed by atoms with E-state index in [4.69, 9.17) is 4.74 Å². The first-order chi connectivity index (χ1) is 12.3. The van der Waals surface area contributed by atoms with Crippen molar-refractivity contribution in [3.05, 3.63) is 60.8 Å². The number of amides is 1. The van der Waals surface area contributed by atoms with Crippen molar-refractivity contribution in [1.29, 1.82) is 0 Å². The van der Waals surface area contributed by atoms with E-state index < -0.39 is 0 Å². The number of benzene rings is 2. The van der Waals surface area contributed by atoms with Gasteiger partial charge in [0.05, 0.1) is 13.2 Å². The van der Waals surface area contributed by atoms with Gasteiger partial charge in [0.2, 0.25) is 5.91 Å². The molecule has 1 aromatic heterocycles. The van der Waals surface area contributed by atoms with Crippen molar-refractivity contribution in [2.24, 2.45) is 0 Å². The van der Waals surface area contributed by atoms with Gasteiger partial charge < -0.3 is 19.5 Å². The summed E-state index contributed by atoms with van der Waals surface area (Å²) in [5, 5.41) is 4.12. The lowest BCUT2D eigenvalue weighted by Crippen LogP contribution is -2.36. The van der Waals surface area contributed by atoms with Crippen LogP contribution in [0.1, 0.15) is 0 Å². The highest BCUT2D eigenvalue weighted by atomic mass is 16.5. The molecule has 1 N–H and O–H groups in total. The van der Waals surface area contributed by atoms with Crippen LogP contribution in [-0.2, 0) is 16.1 Å². The van der Waals surface area contributed by atoms with Gasteiger partial charge in [-0.05, 0) is 41.8 Å². The van der Waals surface area contributed by atoms with E-state index in [1.807, 2.05) is 65.4 Å². The number of morpholine rings is 1. The Morgan fingerprint density at radius 3 is 2.56 bits per heavy atom. The Labute approximate surface area is 146 Å². The molecule has 0 saturated carbocycles. The second kappa shape index (κ2) is 6.99. The van der Waals surface area contributed by atoms with Crippen LogP contribution in [0.25, 0.3) is 10.9 Å². The molecular formula is C20H21N3O2. The van der Waals surface area contributed by atoms with Crippen LogP contribution >= 0.6 is 0 Å². The molecule has 25 heavy (non-hydrogen) atoms. The third-order valence-corrected chi connectivity index (χ3v) is 4.52. The summed E-state index contributed by atoms with van der Waals surface area (Å²) in [7, 11) is 0. The molecule has 0 atom stereocenters. The molecule has 3 aromatic rings. The highest BCUT2D eigenvalue weighted by Gasteiger charge is 2.11. The predicted molar refractivity (Wildman–Crippen MR) is 100 cm³/mol. The molecule has 2 aromatic carbocycles. The Morgan fingerprint density at radius 1 is 1.00 bits per heavy atom. The Balaban J connectivity index is 1.40. The molecule has 0 radical (unpaired) electrons. The average molecular weight is 335 g/mol. The summed E-state index contributed by atoms with van der Waals surface area (Å²) >= 11 is 0. The van der Waals surface area contributed by atoms with Gasteiger partial charge in [-0.15, -0.1) is 0 Å². The second-order valence-corrected chi connectivity index (χ2v) is 6.20. The number of ether oxygens (including phenoxy) is 1. The summed E-state index contributed by atoms with van der Waals surface area (Å²) in [6.45, 7) is 3.66. The van der Waals surface area contributed by atoms with Crippen molar-refractivity contribution in [3.63, 3.8) is 0 Å². The summed E-state index contributed by atoms with van der Waals surface area (Å²) in [6.07, 6.45) is 1.95. The summed E-state index contributed by atoms with van der Waals surface area (Å²) in [5.41, 5.74) is 3.05. The van der Waals surface area contributed by atoms with Gasteiger partial charge in [0.1, 0.15) is 6.54 Å². The number of aromatic nitrogens is 1. The van der Waals surface area contributed by atoms with Crippen LogP contribution in [0, 0.1) is 0 Å². The lowest BCUT2D eigenvalue weighted by Gasteiger charge is -2.28. The van der Waals surface area contributed by atoms with Crippen LogP contribution in [-0.4, -0.2) is 36.8 Å². The van der Waals surface area contributed by atoms with E-state index in [1.54, 1.807) is 0 Å². The fraction of sp³-hybridized carbons (Fsp3) is 0.250. The molecule has 1 aliphatic rings. The van der Waals surface area contributed by atoms with Gasteiger partial charge in [-0.2, -0.15) is 0 Å². The first-order valence-corrected chi connectivity index (χ1v) is 8.56. The van der Waals surface area contributed by atoms with Crippen molar-refractivity contribution in [3.8, 4) is 0 Å². The third-order valence-electron chi connectivity index (χ3n) is 4.52. The molecule has 0 aliphatic carbocycles. The Hall–Kier alpha value is -2.79. The zero-order valence-electron chi connectivity index (χ0n) is 14.0. The minimum Gasteiger partial charge on any atom is -0.378 e. The van der Waals surface area contributed by atoms with Crippen molar-refractivity contribution in [2.75, 3.05) is 36.5 Å². The number of fused-ring (bicyclic) bond motifs is 1. The quantitative estimate of drug-likeness (QED) is 0.797. The fourth-order valence-electron chi connectivity index (χ4n) is 3.21. The number of anilines is 2. The van der Waals surface area contributed by atoms with E-state index in [-0.39, 0.29) is 5.91 Å². The van der Waals surface area contributed by atoms with Crippen molar-refractivity contribution < 1.29 is 9.53 Å². The van der Waals surface area contributed by atoms with E-state index in [1.165, 1.54) is 0 Å². The number of hydrogen-bond donors (Lipinski definition) is 1. The van der Waals surface area contributed by atoms with Crippen LogP contribution in [0.2, 0.25) is 0 Å². The van der Waals surface area contributed by atoms with Crippen LogP contribution in [0.4, 0.5) is 11.4 Å². The molecule has 1 amide bonds. The molecule has 1 aliphatic heterocycles. The summed E-state index contributed by atoms with van der Waals surface area (Å²) in [5.74, 6) is -0.0273. The predicted octanol–water partition coefficient (Wildman–Crippen LogP) is 3.12. The average Bonchev–Trinajstić information content (AvgIpc) is 3.06. The molecule has 0 spiro atoms. The minimum atomic E-state index is -0.0273. The van der Waals surface area contributed by atoms with E-state index in [2.05, 4.69) is 10.2 Å². The van der Waals surface area contributed by atoms with Gasteiger partial charge in [0.25, 0.3) is 0 Å². The van der Waals surface area contributed by atoms with Crippen molar-refractivity contribution in [1.82, 2.24) is 4.57 Å². The number of hydrogen-bond acceptors (Lipinski definition) is 3. The van der Waals surface area contributed by atoms with Crippen LogP contribution in [0.3, 0.4) is 0 Å². The zero-order valence-corrected chi connectivity index (χ0v) is 14.0. The summed E-state index contributed by atoms with van der Waals surface area (Å²) in [6, 6.07) is 18.1. The number of carbonyl (C=O) groups excluding carboxylic acids is 1. The van der Waals surface area contributed by atoms with E-state index in [0.717, 1.165) is 48.6 Å². The number of para-hydroxylation sites is 1. The maximum Gasteiger partial charge on any atom is 0.244 e. The van der Waals surface area contributed by atoms with Gasteiger partial charge in [0.15, 0.2) is 0 Å². The van der Waals surface area contributed by atoms with Gasteiger partial charge in [-0.3, -0.25) is 4.79 Å². The van der Waals surface area contributed by atoms with Gasteiger partial charge in [0, 0.05) is 36.2 Å². The Bertz CT molecular complexity index is 864. The second-order valence-electron chi connectivity index (χ2n) is 6.20. The van der Waals surface area contributed by atoms with Gasteiger partial charge >= 0.3 is 0 Å². The van der Waals surface area contributed by atoms with Gasteiger partial charge in [-0.25, -0.2) is 0 Å². The summed E-state index contributed by atoms with van der Waals surface area (Å²) in [4.78, 5) is 14.6. The third kappa shape index (κ3) is 3.51. The standard InChI is InChI=1S/C20H21N3O2/c24-20(15-23-10-9-16-3-1-2-4-19(16)23)21-17-5-7-18(8-6-17)22-11-13-25-14-12-22/h1-10H,11-15H2,(H,21,24). The first kappa shape index (κ1) is 15.7. The van der Waals surface area contributed by atoms with Gasteiger partial charge in [-0.1, -0.05) is 18.2 Å². The van der Waals surface area contributed by atoms with Crippen LogP contribution in [0.5, 0.6) is 0 Å². The van der Waals surface area contributed by atoms with Crippen molar-refractivity contribution in [2.45, 2.75) is 6.54 Å². The molecule has 1 fully saturated rings. The molecule has 4 rings (SSSR count). The number of carbonyl (C=O) groups is 1. The fourth-order valence-corrected chi connectivity index (χ4v) is 3.21. The van der Waals surface area contributed by atoms with Crippen molar-refractivity contribution >= 4 is 28.2 Å².